The maximum atomic E-state index is 12.7. The Bertz CT molecular complexity index is 914. The van der Waals surface area contributed by atoms with Gasteiger partial charge in [0.2, 0.25) is 0 Å². The number of fused-ring (bicyclic) bond motifs is 1. The first-order chi connectivity index (χ1) is 14.3. The van der Waals surface area contributed by atoms with Gasteiger partial charge in [-0.15, -0.1) is 0 Å². The minimum atomic E-state index is -0.0581. The summed E-state index contributed by atoms with van der Waals surface area (Å²) in [6, 6.07) is 13.7. The molecule has 5 heteroatoms. The fraction of sp³-hybridized carbons (Fsp3) is 0.440. The van der Waals surface area contributed by atoms with E-state index in [4.69, 9.17) is 4.74 Å². The number of nitrogens with zero attached hydrogens (tertiary/aromatic N) is 2. The number of amides is 2. The van der Waals surface area contributed by atoms with Gasteiger partial charge in [0.25, 0.3) is 11.8 Å². The summed E-state index contributed by atoms with van der Waals surface area (Å²) in [6.45, 7) is 12.4. The highest BCUT2D eigenvalue weighted by Gasteiger charge is 2.28. The van der Waals surface area contributed by atoms with Crippen LogP contribution >= 0.6 is 0 Å². The van der Waals surface area contributed by atoms with Crippen molar-refractivity contribution < 1.29 is 14.3 Å². The van der Waals surface area contributed by atoms with Crippen molar-refractivity contribution in [3.63, 3.8) is 0 Å². The fourth-order valence-electron chi connectivity index (χ4n) is 3.63. The average molecular weight is 409 g/mol. The molecule has 1 aliphatic rings. The molecule has 0 aliphatic carbocycles. The van der Waals surface area contributed by atoms with Crippen LogP contribution in [0.25, 0.3) is 0 Å². The summed E-state index contributed by atoms with van der Waals surface area (Å²) in [5.41, 5.74) is 3.67. The van der Waals surface area contributed by atoms with Crippen LogP contribution in [0, 0.1) is 0 Å². The van der Waals surface area contributed by atoms with Crippen LogP contribution in [0.1, 0.15) is 62.5 Å². The van der Waals surface area contributed by atoms with Crippen LogP contribution in [-0.4, -0.2) is 36.4 Å². The minimum absolute atomic E-state index is 0.0215. The van der Waals surface area contributed by atoms with E-state index in [1.165, 1.54) is 5.56 Å². The average Bonchev–Trinajstić information content (AvgIpc) is 2.76. The van der Waals surface area contributed by atoms with E-state index in [0.29, 0.717) is 25.2 Å². The van der Waals surface area contributed by atoms with Gasteiger partial charge in [-0.05, 0) is 61.1 Å². The molecule has 5 nitrogen and oxygen atoms in total. The first kappa shape index (κ1) is 21.9. The highest BCUT2D eigenvalue weighted by atomic mass is 16.5. The number of hydrogen-bond donors (Lipinski definition) is 0. The van der Waals surface area contributed by atoms with Crippen molar-refractivity contribution in [2.45, 2.75) is 53.0 Å². The molecule has 2 amide bonds. The van der Waals surface area contributed by atoms with E-state index in [-0.39, 0.29) is 23.8 Å². The lowest BCUT2D eigenvalue weighted by atomic mass is 9.82. The van der Waals surface area contributed by atoms with Gasteiger partial charge in [0.1, 0.15) is 5.75 Å². The van der Waals surface area contributed by atoms with Gasteiger partial charge >= 0.3 is 0 Å². The summed E-state index contributed by atoms with van der Waals surface area (Å²) < 4.78 is 5.67. The zero-order valence-corrected chi connectivity index (χ0v) is 18.7. The highest BCUT2D eigenvalue weighted by Crippen LogP contribution is 2.38. The number of ether oxygens (including phenoxy) is 1. The van der Waals surface area contributed by atoms with Crippen molar-refractivity contribution >= 4 is 17.5 Å². The Hall–Kier alpha value is -2.82. The normalized spacial score (nSPS) is 13.6. The van der Waals surface area contributed by atoms with Crippen LogP contribution in [0.3, 0.4) is 0 Å². The Labute approximate surface area is 179 Å². The van der Waals surface area contributed by atoms with Crippen molar-refractivity contribution in [1.29, 1.82) is 0 Å². The van der Waals surface area contributed by atoms with Gasteiger partial charge in [-0.1, -0.05) is 39.0 Å². The van der Waals surface area contributed by atoms with Gasteiger partial charge in [-0.3, -0.25) is 9.59 Å². The summed E-state index contributed by atoms with van der Waals surface area (Å²) in [5.74, 6) is 0.710. The van der Waals surface area contributed by atoms with Gasteiger partial charge < -0.3 is 14.5 Å². The zero-order valence-electron chi connectivity index (χ0n) is 18.7. The molecule has 0 fully saturated rings. The smallest absolute Gasteiger partial charge is 0.265 e. The number of hydrogen-bond acceptors (Lipinski definition) is 3. The Morgan fingerprint density at radius 1 is 1.07 bits per heavy atom. The Morgan fingerprint density at radius 3 is 2.33 bits per heavy atom. The van der Waals surface area contributed by atoms with Crippen molar-refractivity contribution in [2.24, 2.45) is 0 Å². The number of carbonyl (C=O) groups excluding carboxylic acids is 2. The van der Waals surface area contributed by atoms with Gasteiger partial charge in [0.15, 0.2) is 6.61 Å². The van der Waals surface area contributed by atoms with Crippen LogP contribution in [0.5, 0.6) is 5.75 Å². The first-order valence-electron chi connectivity index (χ1n) is 10.8. The van der Waals surface area contributed by atoms with Crippen LogP contribution in [-0.2, 0) is 16.8 Å². The third kappa shape index (κ3) is 4.35. The molecule has 1 heterocycles. The molecule has 0 bridgehead atoms. The molecule has 2 aromatic carbocycles. The predicted octanol–water partition coefficient (Wildman–Crippen LogP) is 4.78. The molecule has 0 unspecified atom stereocenters. The summed E-state index contributed by atoms with van der Waals surface area (Å²) in [5, 5.41) is 0. The molecular weight excluding hydrogens is 376 g/mol. The lowest BCUT2D eigenvalue weighted by molar-refractivity contribution is -0.121. The number of rotatable bonds is 7. The minimum Gasteiger partial charge on any atom is -0.482 e. The topological polar surface area (TPSA) is 49.9 Å². The molecule has 0 saturated carbocycles. The second-order valence-corrected chi connectivity index (χ2v) is 8.36. The van der Waals surface area contributed by atoms with Gasteiger partial charge in [0, 0.05) is 18.7 Å². The Balaban J connectivity index is 1.86. The molecule has 0 N–H and O–H groups in total. The number of carbonyl (C=O) groups is 2. The number of benzene rings is 2. The van der Waals surface area contributed by atoms with E-state index >= 15 is 0 Å². The second-order valence-electron chi connectivity index (χ2n) is 8.36. The van der Waals surface area contributed by atoms with Crippen LogP contribution in [0.4, 0.5) is 5.69 Å². The quantitative estimate of drug-likeness (QED) is 0.662. The Kier molecular flexibility index (Phi) is 6.49. The summed E-state index contributed by atoms with van der Waals surface area (Å²) >= 11 is 0. The molecule has 0 spiro atoms. The molecule has 0 aromatic heterocycles. The summed E-state index contributed by atoms with van der Waals surface area (Å²) in [4.78, 5) is 28.8. The van der Waals surface area contributed by atoms with Crippen molar-refractivity contribution in [1.82, 2.24) is 4.90 Å². The third-order valence-corrected chi connectivity index (χ3v) is 6.16. The standard InChI is InChI=1S/C25H32N2O3/c1-6-25(4,5)20-13-14-22-21(15-20)27(23(28)17-30-22)16-18-9-11-19(12-10-18)24(29)26(7-2)8-3/h9-15H,6-8,16-17H2,1-5H3. The van der Waals surface area contributed by atoms with Crippen LogP contribution in [0.2, 0.25) is 0 Å². The maximum Gasteiger partial charge on any atom is 0.265 e. The van der Waals surface area contributed by atoms with Crippen LogP contribution < -0.4 is 9.64 Å². The Morgan fingerprint density at radius 2 is 1.73 bits per heavy atom. The molecule has 3 rings (SSSR count). The van der Waals surface area contributed by atoms with E-state index in [0.717, 1.165) is 23.4 Å². The largest absolute Gasteiger partial charge is 0.482 e. The van der Waals surface area contributed by atoms with E-state index < -0.39 is 0 Å². The van der Waals surface area contributed by atoms with Crippen molar-refractivity contribution in [3.8, 4) is 5.75 Å². The van der Waals surface area contributed by atoms with Crippen LogP contribution in [0.15, 0.2) is 42.5 Å². The number of anilines is 1. The van der Waals surface area contributed by atoms with Gasteiger partial charge in [-0.25, -0.2) is 0 Å². The monoisotopic (exact) mass is 408 g/mol. The zero-order chi connectivity index (χ0) is 21.9. The molecule has 0 atom stereocenters. The molecule has 1 aliphatic heterocycles. The molecule has 160 valence electrons. The van der Waals surface area contributed by atoms with E-state index in [1.807, 2.05) is 44.2 Å². The molecule has 30 heavy (non-hydrogen) atoms. The lowest BCUT2D eigenvalue weighted by Gasteiger charge is -2.32. The third-order valence-electron chi connectivity index (χ3n) is 6.16. The van der Waals surface area contributed by atoms with Crippen molar-refractivity contribution in [3.05, 3.63) is 59.2 Å². The van der Waals surface area contributed by atoms with Crippen molar-refractivity contribution in [2.75, 3.05) is 24.6 Å². The second kappa shape index (κ2) is 8.90. The lowest BCUT2D eigenvalue weighted by Crippen LogP contribution is -2.38. The first-order valence-corrected chi connectivity index (χ1v) is 10.8. The van der Waals surface area contributed by atoms with Gasteiger partial charge in [-0.2, -0.15) is 0 Å². The van der Waals surface area contributed by atoms with Gasteiger partial charge in [0.05, 0.1) is 12.2 Å². The van der Waals surface area contributed by atoms with E-state index in [2.05, 4.69) is 32.9 Å². The predicted molar refractivity (Wildman–Crippen MR) is 120 cm³/mol. The molecule has 0 saturated heterocycles. The fourth-order valence-corrected chi connectivity index (χ4v) is 3.63. The highest BCUT2D eigenvalue weighted by molar-refractivity contribution is 5.98. The van der Waals surface area contributed by atoms with E-state index in [9.17, 15) is 9.59 Å². The summed E-state index contributed by atoms with van der Waals surface area (Å²) in [6.07, 6.45) is 1.00. The maximum absolute atomic E-state index is 12.7. The molecule has 0 radical (unpaired) electrons. The SMILES string of the molecule is CCN(CC)C(=O)c1ccc(CN2C(=O)COc3ccc(C(C)(C)CC)cc32)cc1. The molecular formula is C25H32N2O3. The van der Waals surface area contributed by atoms with E-state index in [1.54, 1.807) is 9.80 Å². The summed E-state index contributed by atoms with van der Waals surface area (Å²) in [7, 11) is 0. The molecule has 2 aromatic rings.